The highest BCUT2D eigenvalue weighted by molar-refractivity contribution is 5.78. The molecule has 1 aliphatic heterocycles. The zero-order chi connectivity index (χ0) is 16.4. The molecule has 2 fully saturated rings. The van der Waals surface area contributed by atoms with Gasteiger partial charge in [0, 0.05) is 44.0 Å². The number of amides is 1. The van der Waals surface area contributed by atoms with Crippen LogP contribution in [0.5, 0.6) is 0 Å². The number of benzene rings is 1. The van der Waals surface area contributed by atoms with Crippen LogP contribution in [0.25, 0.3) is 10.9 Å². The van der Waals surface area contributed by atoms with Gasteiger partial charge in [-0.2, -0.15) is 5.10 Å². The molecule has 1 amide bonds. The summed E-state index contributed by atoms with van der Waals surface area (Å²) in [6.07, 6.45) is 7.54. The molecule has 2 bridgehead atoms. The van der Waals surface area contributed by atoms with Gasteiger partial charge >= 0.3 is 0 Å². The van der Waals surface area contributed by atoms with Gasteiger partial charge in [-0.3, -0.25) is 14.4 Å². The van der Waals surface area contributed by atoms with Crippen molar-refractivity contribution >= 4 is 16.8 Å². The van der Waals surface area contributed by atoms with Crippen LogP contribution in [0.4, 0.5) is 0 Å². The molecule has 2 aromatic rings. The summed E-state index contributed by atoms with van der Waals surface area (Å²) < 4.78 is 2.02. The Bertz CT molecular complexity index is 710. The van der Waals surface area contributed by atoms with Crippen LogP contribution in [0.1, 0.15) is 32.1 Å². The average Bonchev–Trinajstić information content (AvgIpc) is 3.32. The van der Waals surface area contributed by atoms with Gasteiger partial charge in [-0.05, 0) is 37.7 Å². The number of carbonyl (C=O) groups is 1. The Kier molecular flexibility index (Phi) is 4.52. The molecule has 1 saturated carbocycles. The molecular weight excluding hydrogens is 300 g/mol. The molecule has 1 aliphatic carbocycles. The Hall–Kier alpha value is -1.88. The Morgan fingerprint density at radius 3 is 3.00 bits per heavy atom. The van der Waals surface area contributed by atoms with Crippen molar-refractivity contribution in [3.63, 3.8) is 0 Å². The van der Waals surface area contributed by atoms with Gasteiger partial charge in [0.2, 0.25) is 5.91 Å². The minimum Gasteiger partial charge on any atom is -0.356 e. The van der Waals surface area contributed by atoms with Crippen molar-refractivity contribution in [1.29, 1.82) is 0 Å². The Morgan fingerprint density at radius 1 is 1.25 bits per heavy atom. The molecule has 0 spiro atoms. The highest BCUT2D eigenvalue weighted by Gasteiger charge is 2.37. The minimum absolute atomic E-state index is 0.183. The molecule has 1 aromatic carbocycles. The van der Waals surface area contributed by atoms with E-state index < -0.39 is 0 Å². The normalized spacial score (nSPS) is 23.2. The van der Waals surface area contributed by atoms with E-state index in [9.17, 15) is 4.79 Å². The third kappa shape index (κ3) is 3.31. The topological polar surface area (TPSA) is 50.2 Å². The number of likely N-dealkylation sites (tertiary alicyclic amines) is 1. The number of carbonyl (C=O) groups excluding carboxylic acids is 1. The van der Waals surface area contributed by atoms with Crippen molar-refractivity contribution < 1.29 is 4.79 Å². The number of hydrogen-bond acceptors (Lipinski definition) is 3. The van der Waals surface area contributed by atoms with Crippen LogP contribution in [-0.2, 0) is 11.3 Å². The fourth-order valence-electron chi connectivity index (χ4n) is 4.29. The maximum atomic E-state index is 12.0. The van der Waals surface area contributed by atoms with E-state index in [1.54, 1.807) is 0 Å². The highest BCUT2D eigenvalue weighted by Crippen LogP contribution is 2.37. The second kappa shape index (κ2) is 6.93. The molecule has 2 atom stereocenters. The summed E-state index contributed by atoms with van der Waals surface area (Å²) in [5.41, 5.74) is 1.16. The van der Waals surface area contributed by atoms with Gasteiger partial charge < -0.3 is 5.32 Å². The molecule has 0 radical (unpaired) electrons. The van der Waals surface area contributed by atoms with Crippen molar-refractivity contribution in [2.24, 2.45) is 5.92 Å². The molecule has 24 heavy (non-hydrogen) atoms. The summed E-state index contributed by atoms with van der Waals surface area (Å²) in [7, 11) is 0. The Morgan fingerprint density at radius 2 is 2.17 bits per heavy atom. The van der Waals surface area contributed by atoms with Crippen LogP contribution in [0.2, 0.25) is 0 Å². The summed E-state index contributed by atoms with van der Waals surface area (Å²) in [4.78, 5) is 14.5. The summed E-state index contributed by atoms with van der Waals surface area (Å²) in [6, 6.07) is 8.99. The van der Waals surface area contributed by atoms with E-state index in [1.807, 2.05) is 23.0 Å². The first kappa shape index (κ1) is 15.6. The number of aryl methyl sites for hydroxylation is 1. The zero-order valence-electron chi connectivity index (χ0n) is 14.2. The second-order valence-electron chi connectivity index (χ2n) is 7.21. The molecule has 5 heteroatoms. The van der Waals surface area contributed by atoms with E-state index >= 15 is 0 Å². The first-order chi connectivity index (χ1) is 11.8. The molecule has 4 rings (SSSR count). The SMILES string of the molecule is O=C(CCN1C[C@H]2CC[C@@H]1C2)NCCCn1ncc2ccccc21. The lowest BCUT2D eigenvalue weighted by Gasteiger charge is -2.26. The predicted octanol–water partition coefficient (Wildman–Crippen LogP) is 2.42. The first-order valence-corrected chi connectivity index (χ1v) is 9.21. The lowest BCUT2D eigenvalue weighted by atomic mass is 10.1. The van der Waals surface area contributed by atoms with E-state index in [4.69, 9.17) is 0 Å². The van der Waals surface area contributed by atoms with Gasteiger partial charge in [0.25, 0.3) is 0 Å². The van der Waals surface area contributed by atoms with Gasteiger partial charge in [0.1, 0.15) is 0 Å². The number of nitrogens with one attached hydrogen (secondary N) is 1. The van der Waals surface area contributed by atoms with Crippen LogP contribution in [0, 0.1) is 5.92 Å². The van der Waals surface area contributed by atoms with E-state index in [0.717, 1.165) is 43.5 Å². The van der Waals surface area contributed by atoms with Crippen molar-refractivity contribution in [1.82, 2.24) is 20.0 Å². The van der Waals surface area contributed by atoms with Crippen LogP contribution < -0.4 is 5.32 Å². The number of piperidine rings is 1. The molecule has 128 valence electrons. The smallest absolute Gasteiger partial charge is 0.221 e. The van der Waals surface area contributed by atoms with Gasteiger partial charge in [0.15, 0.2) is 0 Å². The summed E-state index contributed by atoms with van der Waals surface area (Å²) >= 11 is 0. The largest absolute Gasteiger partial charge is 0.356 e. The van der Waals surface area contributed by atoms with Crippen LogP contribution in [-0.4, -0.2) is 46.3 Å². The van der Waals surface area contributed by atoms with Gasteiger partial charge in [0.05, 0.1) is 11.7 Å². The van der Waals surface area contributed by atoms with Crippen molar-refractivity contribution in [3.05, 3.63) is 30.5 Å². The maximum absolute atomic E-state index is 12.0. The predicted molar refractivity (Wildman–Crippen MR) is 94.7 cm³/mol. The quantitative estimate of drug-likeness (QED) is 0.795. The van der Waals surface area contributed by atoms with Gasteiger partial charge in [-0.15, -0.1) is 0 Å². The third-order valence-corrected chi connectivity index (χ3v) is 5.57. The van der Waals surface area contributed by atoms with E-state index in [2.05, 4.69) is 27.4 Å². The molecule has 1 N–H and O–H groups in total. The standard InChI is InChI=1S/C19H26N4O/c24-19(8-11-22-14-15-6-7-17(22)12-15)20-9-3-10-23-18-5-2-1-4-16(18)13-21-23/h1-2,4-5,13,15,17H,3,6-12,14H2,(H,20,24)/t15-,17+/m0/s1. The Labute approximate surface area is 143 Å². The third-order valence-electron chi connectivity index (χ3n) is 5.57. The molecule has 1 saturated heterocycles. The molecule has 1 aromatic heterocycles. The number of fused-ring (bicyclic) bond motifs is 3. The van der Waals surface area contributed by atoms with Gasteiger partial charge in [-0.25, -0.2) is 0 Å². The van der Waals surface area contributed by atoms with E-state index in [-0.39, 0.29) is 5.91 Å². The number of aromatic nitrogens is 2. The van der Waals surface area contributed by atoms with Crippen molar-refractivity contribution in [3.8, 4) is 0 Å². The lowest BCUT2D eigenvalue weighted by Crippen LogP contribution is -2.36. The van der Waals surface area contributed by atoms with E-state index in [0.29, 0.717) is 6.42 Å². The second-order valence-corrected chi connectivity index (χ2v) is 7.21. The van der Waals surface area contributed by atoms with Crippen LogP contribution >= 0.6 is 0 Å². The number of rotatable bonds is 7. The zero-order valence-corrected chi connectivity index (χ0v) is 14.2. The highest BCUT2D eigenvalue weighted by atomic mass is 16.1. The molecule has 2 heterocycles. The average molecular weight is 326 g/mol. The maximum Gasteiger partial charge on any atom is 0.221 e. The van der Waals surface area contributed by atoms with Crippen LogP contribution in [0.3, 0.4) is 0 Å². The van der Waals surface area contributed by atoms with Crippen LogP contribution in [0.15, 0.2) is 30.5 Å². The molecule has 2 aliphatic rings. The van der Waals surface area contributed by atoms with Crippen molar-refractivity contribution in [2.75, 3.05) is 19.6 Å². The fourth-order valence-corrected chi connectivity index (χ4v) is 4.29. The summed E-state index contributed by atoms with van der Waals surface area (Å²) in [5, 5.41) is 8.64. The van der Waals surface area contributed by atoms with Crippen molar-refractivity contribution in [2.45, 2.75) is 44.7 Å². The Balaban J connectivity index is 1.15. The fraction of sp³-hybridized carbons (Fsp3) is 0.579. The minimum atomic E-state index is 0.183. The molecule has 5 nitrogen and oxygen atoms in total. The number of nitrogens with zero attached hydrogens (tertiary/aromatic N) is 3. The van der Waals surface area contributed by atoms with Gasteiger partial charge in [-0.1, -0.05) is 18.2 Å². The number of para-hydroxylation sites is 1. The first-order valence-electron chi connectivity index (χ1n) is 9.21. The molecule has 0 unspecified atom stereocenters. The monoisotopic (exact) mass is 326 g/mol. The summed E-state index contributed by atoms with van der Waals surface area (Å²) in [6.45, 7) is 3.70. The number of hydrogen-bond donors (Lipinski definition) is 1. The molecular formula is C19H26N4O. The van der Waals surface area contributed by atoms with E-state index in [1.165, 1.54) is 31.2 Å². The lowest BCUT2D eigenvalue weighted by molar-refractivity contribution is -0.121. The summed E-state index contributed by atoms with van der Waals surface area (Å²) in [5.74, 6) is 1.09.